The molecule has 110 valence electrons. The second kappa shape index (κ2) is 6.44. The summed E-state index contributed by atoms with van der Waals surface area (Å²) in [6.07, 6.45) is 0.490. The van der Waals surface area contributed by atoms with Crippen molar-refractivity contribution in [2.24, 2.45) is 0 Å². The zero-order chi connectivity index (χ0) is 15.3. The van der Waals surface area contributed by atoms with Crippen LogP contribution >= 0.6 is 0 Å². The van der Waals surface area contributed by atoms with Gasteiger partial charge in [0.2, 0.25) is 0 Å². The molecule has 0 spiro atoms. The average molecular weight is 282 g/mol. The molecule has 0 saturated heterocycles. The molecule has 0 heterocycles. The lowest BCUT2D eigenvalue weighted by molar-refractivity contribution is -0.385. The van der Waals surface area contributed by atoms with Gasteiger partial charge in [0.05, 0.1) is 4.92 Å². The third kappa shape index (κ3) is 4.01. The Bertz CT molecular complexity index is 513. The van der Waals surface area contributed by atoms with Gasteiger partial charge in [-0.25, -0.2) is 4.79 Å². The van der Waals surface area contributed by atoms with Gasteiger partial charge in [-0.2, -0.15) is 0 Å². The van der Waals surface area contributed by atoms with E-state index in [4.69, 9.17) is 10.2 Å². The van der Waals surface area contributed by atoms with Crippen LogP contribution in [0.4, 0.5) is 5.69 Å². The minimum Gasteiger partial charge on any atom is -0.477 e. The van der Waals surface area contributed by atoms with Crippen molar-refractivity contribution in [2.75, 3.05) is 6.61 Å². The third-order valence-corrected chi connectivity index (χ3v) is 3.03. The predicted molar refractivity (Wildman–Crippen MR) is 72.7 cm³/mol. The second-order valence-corrected chi connectivity index (χ2v) is 5.08. The molecule has 20 heavy (non-hydrogen) atoms. The van der Waals surface area contributed by atoms with E-state index in [1.54, 1.807) is 6.07 Å². The number of rotatable bonds is 7. The summed E-state index contributed by atoms with van der Waals surface area (Å²) in [5.41, 5.74) is -0.769. The van der Waals surface area contributed by atoms with Crippen molar-refractivity contribution in [1.29, 1.82) is 0 Å². The highest BCUT2D eigenvalue weighted by molar-refractivity contribution is 5.94. The number of hydrogen-bond donors (Lipinski definition) is 3. The maximum Gasteiger partial charge on any atom is 0.343 e. The van der Waals surface area contributed by atoms with E-state index in [0.29, 0.717) is 12.0 Å². The maximum absolute atomic E-state index is 11.2. The molecule has 0 radical (unpaired) electrons. The predicted octanol–water partition coefficient (Wildman–Crippen LogP) is 1.54. The standard InChI is InChI=1S/C13H18N2O5/c1-13(2,6-7-16)14-8-9-4-3-5-10(15(19)20)11(9)12(17)18/h3-5,14,16H,6-8H2,1-2H3,(H,17,18). The molecule has 1 aromatic rings. The van der Waals surface area contributed by atoms with Crippen molar-refractivity contribution in [3.63, 3.8) is 0 Å². The van der Waals surface area contributed by atoms with Crippen LogP contribution in [0.1, 0.15) is 36.2 Å². The van der Waals surface area contributed by atoms with Crippen LogP contribution in [-0.2, 0) is 6.54 Å². The molecule has 3 N–H and O–H groups in total. The normalized spacial score (nSPS) is 11.3. The lowest BCUT2D eigenvalue weighted by Gasteiger charge is -2.25. The lowest BCUT2D eigenvalue weighted by atomic mass is 9.99. The molecule has 0 bridgehead atoms. The molecule has 1 rings (SSSR count). The number of benzene rings is 1. The number of carboxylic acids is 1. The average Bonchev–Trinajstić information content (AvgIpc) is 2.35. The molecule has 0 amide bonds. The number of nitro groups is 1. The highest BCUT2D eigenvalue weighted by atomic mass is 16.6. The maximum atomic E-state index is 11.2. The third-order valence-electron chi connectivity index (χ3n) is 3.03. The summed E-state index contributed by atoms with van der Waals surface area (Å²) in [6, 6.07) is 4.17. The molecular formula is C13H18N2O5. The number of nitrogens with zero attached hydrogens (tertiary/aromatic N) is 1. The highest BCUT2D eigenvalue weighted by Crippen LogP contribution is 2.23. The van der Waals surface area contributed by atoms with E-state index in [2.05, 4.69) is 5.32 Å². The SMILES string of the molecule is CC(C)(CCO)NCc1cccc([N+](=O)[O-])c1C(=O)O. The fourth-order valence-corrected chi connectivity index (χ4v) is 1.84. The van der Waals surface area contributed by atoms with Crippen molar-refractivity contribution in [3.8, 4) is 0 Å². The Kier molecular flexibility index (Phi) is 5.18. The van der Waals surface area contributed by atoms with Gasteiger partial charge < -0.3 is 15.5 Å². The zero-order valence-corrected chi connectivity index (χ0v) is 11.4. The molecule has 0 aromatic heterocycles. The minimum atomic E-state index is -1.32. The van der Waals surface area contributed by atoms with E-state index in [1.807, 2.05) is 13.8 Å². The van der Waals surface area contributed by atoms with Gasteiger partial charge in [-0.1, -0.05) is 12.1 Å². The molecule has 7 heteroatoms. The molecule has 0 atom stereocenters. The Morgan fingerprint density at radius 1 is 1.45 bits per heavy atom. The first-order valence-corrected chi connectivity index (χ1v) is 6.14. The van der Waals surface area contributed by atoms with Gasteiger partial charge in [0.15, 0.2) is 0 Å². The van der Waals surface area contributed by atoms with E-state index >= 15 is 0 Å². The fraction of sp³-hybridized carbons (Fsp3) is 0.462. The molecular weight excluding hydrogens is 264 g/mol. The Hall–Kier alpha value is -1.99. The monoisotopic (exact) mass is 282 g/mol. The smallest absolute Gasteiger partial charge is 0.343 e. The second-order valence-electron chi connectivity index (χ2n) is 5.08. The first kappa shape index (κ1) is 16.1. The molecule has 0 aliphatic rings. The fourth-order valence-electron chi connectivity index (χ4n) is 1.84. The Labute approximate surface area is 116 Å². The molecule has 0 fully saturated rings. The van der Waals surface area contributed by atoms with Crippen LogP contribution in [-0.4, -0.2) is 33.3 Å². The van der Waals surface area contributed by atoms with Gasteiger partial charge in [-0.3, -0.25) is 10.1 Å². The zero-order valence-electron chi connectivity index (χ0n) is 11.4. The molecule has 0 aliphatic heterocycles. The number of nitrogens with one attached hydrogen (secondary N) is 1. The number of hydrogen-bond acceptors (Lipinski definition) is 5. The minimum absolute atomic E-state index is 0.000719. The van der Waals surface area contributed by atoms with E-state index < -0.39 is 22.1 Å². The summed E-state index contributed by atoms with van der Waals surface area (Å²) < 4.78 is 0. The van der Waals surface area contributed by atoms with Crippen LogP contribution in [0.2, 0.25) is 0 Å². The van der Waals surface area contributed by atoms with E-state index in [0.717, 1.165) is 0 Å². The van der Waals surface area contributed by atoms with Crippen molar-refractivity contribution in [3.05, 3.63) is 39.4 Å². The van der Waals surface area contributed by atoms with Crippen molar-refractivity contribution < 1.29 is 19.9 Å². The van der Waals surface area contributed by atoms with Gasteiger partial charge in [0.1, 0.15) is 5.56 Å². The summed E-state index contributed by atoms with van der Waals surface area (Å²) in [5, 5.41) is 32.1. The van der Waals surface area contributed by atoms with Crippen LogP contribution in [0.25, 0.3) is 0 Å². The van der Waals surface area contributed by atoms with Gasteiger partial charge in [0, 0.05) is 24.8 Å². The van der Waals surface area contributed by atoms with Crippen molar-refractivity contribution in [2.45, 2.75) is 32.4 Å². The quantitative estimate of drug-likeness (QED) is 0.516. The lowest BCUT2D eigenvalue weighted by Crippen LogP contribution is -2.39. The number of aliphatic hydroxyl groups excluding tert-OH is 1. The largest absolute Gasteiger partial charge is 0.477 e. The van der Waals surface area contributed by atoms with Crippen LogP contribution in [0, 0.1) is 10.1 Å². The molecule has 0 saturated carbocycles. The van der Waals surface area contributed by atoms with Crippen LogP contribution in [0.5, 0.6) is 0 Å². The first-order chi connectivity index (χ1) is 9.28. The van der Waals surface area contributed by atoms with E-state index in [9.17, 15) is 14.9 Å². The number of aromatic carboxylic acids is 1. The summed E-state index contributed by atoms with van der Waals surface area (Å²) in [7, 11) is 0. The first-order valence-electron chi connectivity index (χ1n) is 6.14. The summed E-state index contributed by atoms with van der Waals surface area (Å²) in [6.45, 7) is 3.90. The van der Waals surface area contributed by atoms with Gasteiger partial charge in [-0.05, 0) is 25.8 Å². The number of aliphatic hydroxyl groups is 1. The molecule has 1 aromatic carbocycles. The highest BCUT2D eigenvalue weighted by Gasteiger charge is 2.24. The number of carboxylic acid groups (broad SMARTS) is 1. The summed E-state index contributed by atoms with van der Waals surface area (Å²) in [5.74, 6) is -1.32. The number of nitro benzene ring substituents is 1. The van der Waals surface area contributed by atoms with Gasteiger partial charge in [-0.15, -0.1) is 0 Å². The molecule has 7 nitrogen and oxygen atoms in total. The summed E-state index contributed by atoms with van der Waals surface area (Å²) >= 11 is 0. The Balaban J connectivity index is 3.04. The van der Waals surface area contributed by atoms with Crippen LogP contribution < -0.4 is 5.32 Å². The Morgan fingerprint density at radius 3 is 2.60 bits per heavy atom. The van der Waals surface area contributed by atoms with Gasteiger partial charge in [0.25, 0.3) is 5.69 Å². The van der Waals surface area contributed by atoms with Gasteiger partial charge >= 0.3 is 5.97 Å². The summed E-state index contributed by atoms with van der Waals surface area (Å²) in [4.78, 5) is 21.4. The van der Waals surface area contributed by atoms with E-state index in [-0.39, 0.29) is 18.7 Å². The van der Waals surface area contributed by atoms with Crippen molar-refractivity contribution in [1.82, 2.24) is 5.32 Å². The van der Waals surface area contributed by atoms with E-state index in [1.165, 1.54) is 12.1 Å². The number of carbonyl (C=O) groups is 1. The van der Waals surface area contributed by atoms with Crippen molar-refractivity contribution >= 4 is 11.7 Å². The molecule has 0 unspecified atom stereocenters. The van der Waals surface area contributed by atoms with Crippen LogP contribution in [0.3, 0.4) is 0 Å². The topological polar surface area (TPSA) is 113 Å². The van der Waals surface area contributed by atoms with Crippen LogP contribution in [0.15, 0.2) is 18.2 Å². The Morgan fingerprint density at radius 2 is 2.10 bits per heavy atom. The molecule has 0 aliphatic carbocycles.